The number of rotatable bonds is 4. The first kappa shape index (κ1) is 15.0. The van der Waals surface area contributed by atoms with Gasteiger partial charge in [-0.15, -0.1) is 11.3 Å². The summed E-state index contributed by atoms with van der Waals surface area (Å²) in [6, 6.07) is 2.03. The van der Waals surface area contributed by atoms with Crippen LogP contribution in [0.4, 0.5) is 0 Å². The molecule has 0 radical (unpaired) electrons. The third kappa shape index (κ3) is 3.40. The Morgan fingerprint density at radius 2 is 2.15 bits per heavy atom. The predicted octanol–water partition coefficient (Wildman–Crippen LogP) is 1.47. The Balaban J connectivity index is 2.20. The van der Waals surface area contributed by atoms with Crippen molar-refractivity contribution in [3.05, 3.63) is 21.9 Å². The molecule has 0 atom stereocenters. The van der Waals surface area contributed by atoms with Crippen molar-refractivity contribution >= 4 is 17.2 Å². The molecular weight excluding hydrogens is 274 g/mol. The number of carbonyl (C=O) groups excluding carboxylic acids is 1. The van der Waals surface area contributed by atoms with Crippen molar-refractivity contribution in [1.29, 1.82) is 0 Å². The fraction of sp³-hybridized carbons (Fsp3) is 0.533. The van der Waals surface area contributed by atoms with Gasteiger partial charge in [0.15, 0.2) is 0 Å². The van der Waals surface area contributed by atoms with Crippen LogP contribution in [0.1, 0.15) is 40.9 Å². The molecule has 20 heavy (non-hydrogen) atoms. The molecule has 0 aromatic carbocycles. The summed E-state index contributed by atoms with van der Waals surface area (Å²) in [6.45, 7) is 0.131. The fourth-order valence-electron chi connectivity index (χ4n) is 2.61. The zero-order valence-corrected chi connectivity index (χ0v) is 12.2. The number of carbonyl (C=O) groups is 1. The Morgan fingerprint density at radius 1 is 1.40 bits per heavy atom. The summed E-state index contributed by atoms with van der Waals surface area (Å²) in [4.78, 5) is 15.0. The van der Waals surface area contributed by atoms with Crippen LogP contribution in [0.2, 0.25) is 0 Å². The van der Waals surface area contributed by atoms with Gasteiger partial charge >= 0.3 is 0 Å². The Hall–Kier alpha value is -1.35. The highest BCUT2D eigenvalue weighted by Crippen LogP contribution is 2.27. The quantitative estimate of drug-likeness (QED) is 0.827. The van der Waals surface area contributed by atoms with Gasteiger partial charge < -0.3 is 15.1 Å². The summed E-state index contributed by atoms with van der Waals surface area (Å²) >= 11 is 1.36. The van der Waals surface area contributed by atoms with Gasteiger partial charge in [0, 0.05) is 18.2 Å². The van der Waals surface area contributed by atoms with Crippen molar-refractivity contribution in [3.63, 3.8) is 0 Å². The van der Waals surface area contributed by atoms with Crippen LogP contribution in [0.25, 0.3) is 0 Å². The Morgan fingerprint density at radius 3 is 2.80 bits per heavy atom. The largest absolute Gasteiger partial charge is 0.395 e. The van der Waals surface area contributed by atoms with Crippen molar-refractivity contribution in [1.82, 2.24) is 4.90 Å². The molecular formula is C15H19NO3S. The average molecular weight is 293 g/mol. The summed E-state index contributed by atoms with van der Waals surface area (Å²) in [6.07, 6.45) is 4.30. The molecule has 1 aliphatic rings. The first-order valence-electron chi connectivity index (χ1n) is 6.87. The van der Waals surface area contributed by atoms with Crippen molar-refractivity contribution in [2.75, 3.05) is 19.8 Å². The second-order valence-corrected chi connectivity index (χ2v) is 5.70. The lowest BCUT2D eigenvalue weighted by molar-refractivity contribution is 0.0643. The summed E-state index contributed by atoms with van der Waals surface area (Å²) < 4.78 is 0. The zero-order chi connectivity index (χ0) is 14.4. The minimum absolute atomic E-state index is 0.0226. The molecule has 1 saturated carbocycles. The van der Waals surface area contributed by atoms with E-state index < -0.39 is 0 Å². The van der Waals surface area contributed by atoms with E-state index in [0.717, 1.165) is 25.7 Å². The Bertz CT molecular complexity index is 509. The zero-order valence-electron chi connectivity index (χ0n) is 11.3. The van der Waals surface area contributed by atoms with E-state index in [1.165, 1.54) is 11.3 Å². The third-order valence-corrected chi connectivity index (χ3v) is 4.43. The number of hydrogen-bond acceptors (Lipinski definition) is 4. The molecule has 0 bridgehead atoms. The van der Waals surface area contributed by atoms with Crippen LogP contribution in [-0.2, 0) is 0 Å². The first-order chi connectivity index (χ1) is 9.77. The van der Waals surface area contributed by atoms with Gasteiger partial charge in [-0.3, -0.25) is 4.79 Å². The fourth-order valence-corrected chi connectivity index (χ4v) is 3.42. The molecule has 4 nitrogen and oxygen atoms in total. The van der Waals surface area contributed by atoms with E-state index in [4.69, 9.17) is 5.11 Å². The third-order valence-electron chi connectivity index (χ3n) is 3.53. The van der Waals surface area contributed by atoms with Gasteiger partial charge in [0.25, 0.3) is 5.91 Å². The summed E-state index contributed by atoms with van der Waals surface area (Å²) in [5.74, 6) is 5.34. The molecule has 1 aromatic heterocycles. The normalized spacial score (nSPS) is 14.9. The van der Waals surface area contributed by atoms with Gasteiger partial charge in [-0.05, 0) is 24.3 Å². The summed E-state index contributed by atoms with van der Waals surface area (Å²) in [5, 5.41) is 19.8. The van der Waals surface area contributed by atoms with Gasteiger partial charge in [0.05, 0.1) is 6.61 Å². The van der Waals surface area contributed by atoms with E-state index in [9.17, 15) is 9.90 Å². The lowest BCUT2D eigenvalue weighted by Gasteiger charge is -2.28. The second kappa shape index (κ2) is 7.44. The monoisotopic (exact) mass is 293 g/mol. The molecule has 1 amide bonds. The highest BCUT2D eigenvalue weighted by Gasteiger charge is 2.28. The van der Waals surface area contributed by atoms with Crippen LogP contribution >= 0.6 is 11.3 Å². The molecule has 0 aliphatic heterocycles. The first-order valence-corrected chi connectivity index (χ1v) is 7.75. The number of hydrogen-bond donors (Lipinski definition) is 2. The smallest absolute Gasteiger partial charge is 0.265 e. The molecule has 2 N–H and O–H groups in total. The topological polar surface area (TPSA) is 60.8 Å². The second-order valence-electron chi connectivity index (χ2n) is 4.78. The average Bonchev–Trinajstić information content (AvgIpc) is 3.12. The van der Waals surface area contributed by atoms with Crippen molar-refractivity contribution in [2.24, 2.45) is 0 Å². The molecule has 1 aliphatic carbocycles. The number of nitrogens with zero attached hydrogens (tertiary/aromatic N) is 1. The molecule has 2 rings (SSSR count). The predicted molar refractivity (Wildman–Crippen MR) is 78.7 cm³/mol. The van der Waals surface area contributed by atoms with Gasteiger partial charge in [-0.25, -0.2) is 0 Å². The highest BCUT2D eigenvalue weighted by molar-refractivity contribution is 7.12. The molecule has 5 heteroatoms. The molecule has 1 fully saturated rings. The molecule has 1 aromatic rings. The number of thiophene rings is 1. The lowest BCUT2D eigenvalue weighted by atomic mass is 10.1. The number of amides is 1. The van der Waals surface area contributed by atoms with Crippen LogP contribution in [0.3, 0.4) is 0 Å². The van der Waals surface area contributed by atoms with E-state index in [1.807, 2.05) is 5.38 Å². The summed E-state index contributed by atoms with van der Waals surface area (Å²) in [7, 11) is 0. The van der Waals surface area contributed by atoms with Crippen molar-refractivity contribution in [3.8, 4) is 11.8 Å². The van der Waals surface area contributed by atoms with Gasteiger partial charge in [-0.1, -0.05) is 24.7 Å². The van der Waals surface area contributed by atoms with Crippen LogP contribution in [0.5, 0.6) is 0 Å². The van der Waals surface area contributed by atoms with Crippen LogP contribution in [0, 0.1) is 11.8 Å². The minimum atomic E-state index is -0.216. The molecule has 0 saturated heterocycles. The highest BCUT2D eigenvalue weighted by atomic mass is 32.1. The molecule has 1 heterocycles. The number of aliphatic hydroxyl groups excluding tert-OH is 2. The van der Waals surface area contributed by atoms with Crippen molar-refractivity contribution in [2.45, 2.75) is 31.7 Å². The molecule has 0 spiro atoms. The standard InChI is InChI=1S/C15H19NO3S/c17-9-3-4-12-7-11-20-14(12)15(19)16(8-10-18)13-5-1-2-6-13/h7,11,13,17-18H,1-2,5-6,8-10H2. The minimum Gasteiger partial charge on any atom is -0.395 e. The van der Waals surface area contributed by atoms with Gasteiger partial charge in [0.1, 0.15) is 11.5 Å². The van der Waals surface area contributed by atoms with E-state index in [-0.39, 0.29) is 25.2 Å². The van der Waals surface area contributed by atoms with Crippen molar-refractivity contribution < 1.29 is 15.0 Å². The Kier molecular flexibility index (Phi) is 5.60. The van der Waals surface area contributed by atoms with Crippen LogP contribution < -0.4 is 0 Å². The maximum absolute atomic E-state index is 12.7. The van der Waals surface area contributed by atoms with E-state index in [1.54, 1.807) is 11.0 Å². The molecule has 0 unspecified atom stereocenters. The van der Waals surface area contributed by atoms with E-state index in [2.05, 4.69) is 11.8 Å². The summed E-state index contributed by atoms with van der Waals surface area (Å²) in [5.41, 5.74) is 0.662. The van der Waals surface area contributed by atoms with Crippen LogP contribution in [0.15, 0.2) is 11.4 Å². The maximum atomic E-state index is 12.7. The van der Waals surface area contributed by atoms with Gasteiger partial charge in [-0.2, -0.15) is 0 Å². The Labute approximate surface area is 123 Å². The van der Waals surface area contributed by atoms with Gasteiger partial charge in [0.2, 0.25) is 0 Å². The maximum Gasteiger partial charge on any atom is 0.265 e. The SMILES string of the molecule is O=C(c1sccc1C#CCO)N(CCO)C1CCCC1. The van der Waals surface area contributed by atoms with Crippen LogP contribution in [-0.4, -0.2) is 46.8 Å². The molecule has 108 valence electrons. The van der Waals surface area contributed by atoms with E-state index in [0.29, 0.717) is 17.0 Å². The number of aliphatic hydroxyl groups is 2. The lowest BCUT2D eigenvalue weighted by Crippen LogP contribution is -2.40. The van der Waals surface area contributed by atoms with E-state index >= 15 is 0 Å².